The maximum Gasteiger partial charge on any atom is 0.229 e. The van der Waals surface area contributed by atoms with Crippen LogP contribution in [0, 0.1) is 17.8 Å². The van der Waals surface area contributed by atoms with E-state index in [0.717, 1.165) is 30.0 Å². The molecule has 1 aromatic carbocycles. The number of rotatable bonds is 7. The van der Waals surface area contributed by atoms with Crippen LogP contribution in [0.4, 0.5) is 17.5 Å². The lowest BCUT2D eigenvalue weighted by molar-refractivity contribution is -0.149. The van der Waals surface area contributed by atoms with Crippen molar-refractivity contribution >= 4 is 29.1 Å². The van der Waals surface area contributed by atoms with Crippen LogP contribution in [0.5, 0.6) is 0 Å². The van der Waals surface area contributed by atoms with Gasteiger partial charge in [-0.15, -0.1) is 0 Å². The van der Waals surface area contributed by atoms with Gasteiger partial charge in [0.15, 0.2) is 5.82 Å². The molecule has 4 saturated carbocycles. The maximum absolute atomic E-state index is 6.52. The average Bonchev–Trinajstić information content (AvgIpc) is 3.31. The Balaban J connectivity index is 1.18. The predicted octanol–water partition coefficient (Wildman–Crippen LogP) is 4.52. The van der Waals surface area contributed by atoms with E-state index in [1.54, 1.807) is 17.2 Å². The third kappa shape index (κ3) is 4.06. The van der Waals surface area contributed by atoms with Gasteiger partial charge in [0, 0.05) is 18.8 Å². The van der Waals surface area contributed by atoms with Gasteiger partial charge >= 0.3 is 0 Å². The van der Waals surface area contributed by atoms with E-state index in [-0.39, 0.29) is 5.60 Å². The molecule has 172 valence electrons. The molecule has 9 heteroatoms. The Hall–Kier alpha value is -2.71. The molecule has 4 fully saturated rings. The number of hydrogen-bond acceptors (Lipinski definition) is 7. The van der Waals surface area contributed by atoms with E-state index >= 15 is 0 Å². The number of nitrogens with zero attached hydrogens (tertiary/aromatic N) is 5. The fourth-order valence-electron chi connectivity index (χ4n) is 6.50. The van der Waals surface area contributed by atoms with Crippen LogP contribution in [0.3, 0.4) is 0 Å². The summed E-state index contributed by atoms with van der Waals surface area (Å²) in [5, 5.41) is 11.8. The first kappa shape index (κ1) is 20.9. The summed E-state index contributed by atoms with van der Waals surface area (Å²) in [6, 6.07) is 8.51. The molecule has 4 aliphatic carbocycles. The van der Waals surface area contributed by atoms with Crippen molar-refractivity contribution in [3.8, 4) is 0 Å². The maximum atomic E-state index is 6.52. The SMILES string of the molecule is COC12CC3CC(C1)C(Nc1nc(Nc4cccc(Cn5cncn5)c4)ncc1Cl)C(C3)C2. The standard InChI is InChI=1S/C24H28ClN7O/c1-33-24-8-16-5-17(9-24)21(18(6-16)10-24)30-22-20(25)11-27-23(31-22)29-19-4-2-3-15(7-19)12-32-14-26-13-28-32/h2-4,7,11,13-14,16-18,21H,5-6,8-10,12H2,1H3,(H2,27,29,30,31). The summed E-state index contributed by atoms with van der Waals surface area (Å²) in [7, 11) is 1.88. The molecule has 0 radical (unpaired) electrons. The molecule has 2 unspecified atom stereocenters. The van der Waals surface area contributed by atoms with Crippen LogP contribution < -0.4 is 10.6 Å². The van der Waals surface area contributed by atoms with Gasteiger partial charge in [-0.3, -0.25) is 0 Å². The number of ether oxygens (including phenoxy) is 1. The highest BCUT2D eigenvalue weighted by Crippen LogP contribution is 2.57. The Morgan fingerprint density at radius 1 is 1.21 bits per heavy atom. The normalized spacial score (nSPS) is 29.9. The Kier molecular flexibility index (Phi) is 5.22. The molecule has 0 saturated heterocycles. The lowest BCUT2D eigenvalue weighted by Gasteiger charge is -2.59. The van der Waals surface area contributed by atoms with Crippen LogP contribution in [-0.4, -0.2) is 43.5 Å². The zero-order chi connectivity index (χ0) is 22.4. The molecule has 7 rings (SSSR count). The van der Waals surface area contributed by atoms with E-state index < -0.39 is 0 Å². The number of hydrogen-bond donors (Lipinski definition) is 2. The Morgan fingerprint density at radius 2 is 2.06 bits per heavy atom. The topological polar surface area (TPSA) is 89.8 Å². The summed E-state index contributed by atoms with van der Waals surface area (Å²) >= 11 is 6.52. The van der Waals surface area contributed by atoms with Crippen molar-refractivity contribution in [3.63, 3.8) is 0 Å². The van der Waals surface area contributed by atoms with E-state index in [1.165, 1.54) is 25.6 Å². The molecule has 8 nitrogen and oxygen atoms in total. The molecular formula is C24H28ClN7O. The Bertz CT molecular complexity index is 1120. The first-order valence-corrected chi connectivity index (χ1v) is 12.0. The molecule has 2 atom stereocenters. The second kappa shape index (κ2) is 8.25. The lowest BCUT2D eigenvalue weighted by atomic mass is 9.52. The number of benzene rings is 1. The van der Waals surface area contributed by atoms with Crippen LogP contribution in [0.15, 0.2) is 43.1 Å². The van der Waals surface area contributed by atoms with Gasteiger partial charge in [0.05, 0.1) is 18.3 Å². The minimum Gasteiger partial charge on any atom is -0.378 e. The summed E-state index contributed by atoms with van der Waals surface area (Å²) < 4.78 is 7.79. The fourth-order valence-corrected chi connectivity index (χ4v) is 6.65. The Morgan fingerprint density at radius 3 is 2.82 bits per heavy atom. The van der Waals surface area contributed by atoms with Crippen LogP contribution >= 0.6 is 11.6 Å². The monoisotopic (exact) mass is 465 g/mol. The molecule has 2 heterocycles. The smallest absolute Gasteiger partial charge is 0.229 e. The zero-order valence-corrected chi connectivity index (χ0v) is 19.4. The van der Waals surface area contributed by atoms with E-state index in [4.69, 9.17) is 21.3 Å². The summed E-state index contributed by atoms with van der Waals surface area (Å²) in [5.74, 6) is 3.23. The lowest BCUT2D eigenvalue weighted by Crippen LogP contribution is -2.59. The second-order valence-corrected chi connectivity index (χ2v) is 10.2. The molecule has 3 aromatic rings. The molecule has 0 aliphatic heterocycles. The van der Waals surface area contributed by atoms with Crippen LogP contribution in [0.25, 0.3) is 0 Å². The number of aromatic nitrogens is 5. The van der Waals surface area contributed by atoms with Crippen molar-refractivity contribution in [2.24, 2.45) is 17.8 Å². The molecule has 2 N–H and O–H groups in total. The molecule has 33 heavy (non-hydrogen) atoms. The van der Waals surface area contributed by atoms with Gasteiger partial charge in [-0.2, -0.15) is 10.1 Å². The van der Waals surface area contributed by atoms with Crippen molar-refractivity contribution in [2.45, 2.75) is 50.3 Å². The quantitative estimate of drug-likeness (QED) is 0.530. The molecule has 0 amide bonds. The van der Waals surface area contributed by atoms with Gasteiger partial charge in [-0.05, 0) is 67.6 Å². The van der Waals surface area contributed by atoms with Crippen molar-refractivity contribution in [2.75, 3.05) is 17.7 Å². The molecule has 0 spiro atoms. The highest BCUT2D eigenvalue weighted by molar-refractivity contribution is 6.32. The van der Waals surface area contributed by atoms with Crippen LogP contribution in [0.2, 0.25) is 5.02 Å². The highest BCUT2D eigenvalue weighted by atomic mass is 35.5. The predicted molar refractivity (Wildman–Crippen MR) is 127 cm³/mol. The fraction of sp³-hybridized carbons (Fsp3) is 0.500. The van der Waals surface area contributed by atoms with Gasteiger partial charge in [0.1, 0.15) is 17.7 Å². The van der Waals surface area contributed by atoms with Crippen LogP contribution in [-0.2, 0) is 11.3 Å². The highest BCUT2D eigenvalue weighted by Gasteiger charge is 2.55. The van der Waals surface area contributed by atoms with Crippen molar-refractivity contribution < 1.29 is 4.74 Å². The van der Waals surface area contributed by atoms with E-state index in [1.807, 2.05) is 19.2 Å². The third-order valence-electron chi connectivity index (χ3n) is 7.69. The Labute approximate surface area is 198 Å². The van der Waals surface area contributed by atoms with Crippen molar-refractivity contribution in [1.82, 2.24) is 24.7 Å². The van der Waals surface area contributed by atoms with Gasteiger partial charge in [0.2, 0.25) is 5.95 Å². The van der Waals surface area contributed by atoms with Crippen molar-refractivity contribution in [1.29, 1.82) is 0 Å². The summed E-state index contributed by atoms with van der Waals surface area (Å²) in [4.78, 5) is 13.1. The molecular weight excluding hydrogens is 438 g/mol. The number of nitrogens with one attached hydrogen (secondary N) is 2. The zero-order valence-electron chi connectivity index (χ0n) is 18.6. The number of anilines is 3. The first-order valence-electron chi connectivity index (χ1n) is 11.6. The van der Waals surface area contributed by atoms with Crippen LogP contribution in [0.1, 0.15) is 37.7 Å². The summed E-state index contributed by atoms with van der Waals surface area (Å²) in [5.41, 5.74) is 2.12. The number of halogens is 1. The third-order valence-corrected chi connectivity index (χ3v) is 7.97. The molecule has 4 bridgehead atoms. The van der Waals surface area contributed by atoms with Gasteiger partial charge in [0.25, 0.3) is 0 Å². The largest absolute Gasteiger partial charge is 0.378 e. The summed E-state index contributed by atoms with van der Waals surface area (Å²) in [6.45, 7) is 0.651. The van der Waals surface area contributed by atoms with E-state index in [2.05, 4.69) is 37.8 Å². The molecule has 2 aromatic heterocycles. The van der Waals surface area contributed by atoms with Gasteiger partial charge < -0.3 is 15.4 Å². The average molecular weight is 466 g/mol. The second-order valence-electron chi connectivity index (χ2n) is 9.84. The van der Waals surface area contributed by atoms with Gasteiger partial charge in [-0.1, -0.05) is 23.7 Å². The summed E-state index contributed by atoms with van der Waals surface area (Å²) in [6.07, 6.45) is 10.9. The van der Waals surface area contributed by atoms with E-state index in [9.17, 15) is 0 Å². The van der Waals surface area contributed by atoms with E-state index in [0.29, 0.717) is 41.2 Å². The van der Waals surface area contributed by atoms with Gasteiger partial charge in [-0.25, -0.2) is 14.6 Å². The molecule has 4 aliphatic rings. The van der Waals surface area contributed by atoms with Crippen molar-refractivity contribution in [3.05, 3.63) is 53.7 Å². The minimum atomic E-state index is 0.0914. The minimum absolute atomic E-state index is 0.0914. The number of methoxy groups -OCH3 is 1. The first-order chi connectivity index (χ1) is 16.1.